The second-order valence-electron chi connectivity index (χ2n) is 4.40. The van der Waals surface area contributed by atoms with Crippen LogP contribution >= 0.6 is 11.6 Å². The largest absolute Gasteiger partial charge is 0.324 e. The van der Waals surface area contributed by atoms with Crippen LogP contribution in [0.1, 0.15) is 29.9 Å². The molecule has 0 saturated carbocycles. The van der Waals surface area contributed by atoms with Crippen molar-refractivity contribution in [2.45, 2.75) is 26.8 Å². The second kappa shape index (κ2) is 4.71. The van der Waals surface area contributed by atoms with Gasteiger partial charge in [-0.25, -0.2) is 9.07 Å². The molecule has 1 atom stereocenters. The van der Waals surface area contributed by atoms with Crippen molar-refractivity contribution in [3.63, 3.8) is 0 Å². The summed E-state index contributed by atoms with van der Waals surface area (Å²) < 4.78 is 15.6. The van der Waals surface area contributed by atoms with Gasteiger partial charge in [-0.05, 0) is 38.5 Å². The molecule has 1 heterocycles. The van der Waals surface area contributed by atoms with Gasteiger partial charge in [0.2, 0.25) is 0 Å². The summed E-state index contributed by atoms with van der Waals surface area (Å²) in [6, 6.07) is 4.71. The highest BCUT2D eigenvalue weighted by Gasteiger charge is 2.14. The van der Waals surface area contributed by atoms with Crippen molar-refractivity contribution in [1.82, 2.24) is 9.78 Å². The molecule has 2 N–H and O–H groups in total. The molecule has 96 valence electrons. The molecule has 0 aliphatic heterocycles. The first kappa shape index (κ1) is 13.1. The lowest BCUT2D eigenvalue weighted by Crippen LogP contribution is -2.08. The van der Waals surface area contributed by atoms with Gasteiger partial charge in [-0.3, -0.25) is 0 Å². The van der Waals surface area contributed by atoms with E-state index in [4.69, 9.17) is 17.3 Å². The Balaban J connectivity index is 2.54. The molecule has 0 saturated heterocycles. The molecule has 2 aromatic rings. The van der Waals surface area contributed by atoms with Crippen molar-refractivity contribution in [3.05, 3.63) is 46.0 Å². The lowest BCUT2D eigenvalue weighted by Gasteiger charge is -2.10. The van der Waals surface area contributed by atoms with Crippen LogP contribution in [0.25, 0.3) is 5.69 Å². The Kier molecular flexibility index (Phi) is 3.41. The van der Waals surface area contributed by atoms with Crippen LogP contribution in [0, 0.1) is 19.7 Å². The van der Waals surface area contributed by atoms with Crippen LogP contribution in [0.2, 0.25) is 5.02 Å². The molecule has 0 aliphatic carbocycles. The van der Waals surface area contributed by atoms with Crippen molar-refractivity contribution < 1.29 is 4.39 Å². The zero-order chi connectivity index (χ0) is 13.4. The van der Waals surface area contributed by atoms with Crippen molar-refractivity contribution >= 4 is 11.6 Å². The van der Waals surface area contributed by atoms with E-state index in [2.05, 4.69) is 5.10 Å². The van der Waals surface area contributed by atoms with Crippen LogP contribution in [0.5, 0.6) is 0 Å². The van der Waals surface area contributed by atoms with E-state index in [-0.39, 0.29) is 11.9 Å². The van der Waals surface area contributed by atoms with E-state index in [9.17, 15) is 4.39 Å². The third kappa shape index (κ3) is 2.13. The van der Waals surface area contributed by atoms with Crippen LogP contribution in [0.4, 0.5) is 4.39 Å². The number of aryl methyl sites for hydroxylation is 1. The van der Waals surface area contributed by atoms with E-state index in [1.807, 2.05) is 6.92 Å². The van der Waals surface area contributed by atoms with Crippen LogP contribution in [-0.4, -0.2) is 9.78 Å². The molecular weight excluding hydrogens is 253 g/mol. The average molecular weight is 268 g/mol. The Morgan fingerprint density at radius 2 is 2.06 bits per heavy atom. The maximum absolute atomic E-state index is 14.1. The standard InChI is InChI=1S/C13H15ClFN3/c1-7(16)10-4-5-12(11(15)6-10)18-9(3)13(14)8(2)17-18/h4-7H,16H2,1-3H3. The predicted molar refractivity (Wildman–Crippen MR) is 70.6 cm³/mol. The summed E-state index contributed by atoms with van der Waals surface area (Å²) in [6.07, 6.45) is 0. The molecule has 1 aromatic heterocycles. The number of hydrogen-bond acceptors (Lipinski definition) is 2. The van der Waals surface area contributed by atoms with E-state index in [0.29, 0.717) is 16.4 Å². The molecule has 3 nitrogen and oxygen atoms in total. The van der Waals surface area contributed by atoms with Gasteiger partial charge in [0.15, 0.2) is 0 Å². The van der Waals surface area contributed by atoms with Gasteiger partial charge >= 0.3 is 0 Å². The fourth-order valence-corrected chi connectivity index (χ4v) is 1.95. The Morgan fingerprint density at radius 1 is 1.39 bits per heavy atom. The van der Waals surface area contributed by atoms with E-state index in [1.165, 1.54) is 10.7 Å². The highest BCUT2D eigenvalue weighted by Crippen LogP contribution is 2.25. The topological polar surface area (TPSA) is 43.8 Å². The van der Waals surface area contributed by atoms with Crippen LogP contribution in [0.3, 0.4) is 0 Å². The molecule has 0 bridgehead atoms. The third-order valence-corrected chi connectivity index (χ3v) is 3.48. The van der Waals surface area contributed by atoms with E-state index in [0.717, 1.165) is 11.3 Å². The van der Waals surface area contributed by atoms with Crippen LogP contribution in [-0.2, 0) is 0 Å². The maximum atomic E-state index is 14.1. The van der Waals surface area contributed by atoms with E-state index < -0.39 is 0 Å². The molecule has 0 fully saturated rings. The minimum atomic E-state index is -0.355. The lowest BCUT2D eigenvalue weighted by atomic mass is 10.1. The molecule has 0 radical (unpaired) electrons. The summed E-state index contributed by atoms with van der Waals surface area (Å²) in [5, 5.41) is 4.79. The minimum Gasteiger partial charge on any atom is -0.324 e. The van der Waals surface area contributed by atoms with Crippen molar-refractivity contribution in [2.24, 2.45) is 5.73 Å². The van der Waals surface area contributed by atoms with Crippen molar-refractivity contribution in [1.29, 1.82) is 0 Å². The summed E-state index contributed by atoms with van der Waals surface area (Å²) >= 11 is 6.06. The smallest absolute Gasteiger partial charge is 0.149 e. The number of nitrogens with zero attached hydrogens (tertiary/aromatic N) is 2. The van der Waals surface area contributed by atoms with Crippen LogP contribution in [0.15, 0.2) is 18.2 Å². The van der Waals surface area contributed by atoms with Gasteiger partial charge in [-0.15, -0.1) is 0 Å². The minimum absolute atomic E-state index is 0.197. The molecule has 5 heteroatoms. The zero-order valence-corrected chi connectivity index (χ0v) is 11.3. The van der Waals surface area contributed by atoms with Gasteiger partial charge in [0.25, 0.3) is 0 Å². The monoisotopic (exact) mass is 267 g/mol. The van der Waals surface area contributed by atoms with Gasteiger partial charge in [-0.1, -0.05) is 17.7 Å². The molecular formula is C13H15ClFN3. The van der Waals surface area contributed by atoms with Crippen molar-refractivity contribution in [2.75, 3.05) is 0 Å². The quantitative estimate of drug-likeness (QED) is 0.907. The summed E-state index contributed by atoms with van der Waals surface area (Å²) in [5.41, 5.74) is 8.26. The highest BCUT2D eigenvalue weighted by molar-refractivity contribution is 6.31. The average Bonchev–Trinajstić information content (AvgIpc) is 2.57. The normalized spacial score (nSPS) is 12.8. The lowest BCUT2D eigenvalue weighted by molar-refractivity contribution is 0.603. The summed E-state index contributed by atoms with van der Waals surface area (Å²) in [6.45, 7) is 5.41. The number of halogens is 2. The van der Waals surface area contributed by atoms with Gasteiger partial charge in [0.1, 0.15) is 11.5 Å². The van der Waals surface area contributed by atoms with Gasteiger partial charge in [0, 0.05) is 6.04 Å². The van der Waals surface area contributed by atoms with Crippen LogP contribution < -0.4 is 5.73 Å². The Labute approximate surface area is 110 Å². The predicted octanol–water partition coefficient (Wildman–Crippen LogP) is 3.30. The van der Waals surface area contributed by atoms with E-state index in [1.54, 1.807) is 26.0 Å². The summed E-state index contributed by atoms with van der Waals surface area (Å²) in [5.74, 6) is -0.355. The molecule has 0 amide bonds. The van der Waals surface area contributed by atoms with Gasteiger partial charge in [0.05, 0.1) is 16.4 Å². The zero-order valence-electron chi connectivity index (χ0n) is 10.5. The Morgan fingerprint density at radius 3 is 2.50 bits per heavy atom. The molecule has 1 unspecified atom stereocenters. The van der Waals surface area contributed by atoms with E-state index >= 15 is 0 Å². The SMILES string of the molecule is Cc1nn(-c2ccc(C(C)N)cc2F)c(C)c1Cl. The molecule has 1 aromatic carbocycles. The summed E-state index contributed by atoms with van der Waals surface area (Å²) in [7, 11) is 0. The first-order valence-electron chi connectivity index (χ1n) is 5.69. The first-order valence-corrected chi connectivity index (χ1v) is 6.06. The maximum Gasteiger partial charge on any atom is 0.149 e. The van der Waals surface area contributed by atoms with Gasteiger partial charge < -0.3 is 5.73 Å². The number of aromatic nitrogens is 2. The molecule has 0 aliphatic rings. The Hall–Kier alpha value is -1.39. The molecule has 0 spiro atoms. The first-order chi connectivity index (χ1) is 8.41. The molecule has 18 heavy (non-hydrogen) atoms. The fraction of sp³-hybridized carbons (Fsp3) is 0.308. The van der Waals surface area contributed by atoms with Crippen molar-refractivity contribution in [3.8, 4) is 5.69 Å². The third-order valence-electron chi connectivity index (χ3n) is 2.93. The van der Waals surface area contributed by atoms with Gasteiger partial charge in [-0.2, -0.15) is 5.10 Å². The number of benzene rings is 1. The number of hydrogen-bond donors (Lipinski definition) is 1. The Bertz CT molecular complexity index is 590. The second-order valence-corrected chi connectivity index (χ2v) is 4.77. The fourth-order valence-electron chi connectivity index (χ4n) is 1.84. The number of rotatable bonds is 2. The molecule has 2 rings (SSSR count). The number of nitrogens with two attached hydrogens (primary N) is 1. The highest BCUT2D eigenvalue weighted by atomic mass is 35.5. The summed E-state index contributed by atoms with van der Waals surface area (Å²) in [4.78, 5) is 0.